The molecule has 0 radical (unpaired) electrons. The van der Waals surface area contributed by atoms with Gasteiger partial charge in [-0.2, -0.15) is 0 Å². The molecule has 1 aromatic heterocycles. The maximum absolute atomic E-state index is 12.2. The number of hydrogen-bond acceptors (Lipinski definition) is 3. The highest BCUT2D eigenvalue weighted by atomic mass is 35.5. The van der Waals surface area contributed by atoms with Crippen LogP contribution in [0, 0.1) is 0 Å². The van der Waals surface area contributed by atoms with Gasteiger partial charge >= 0.3 is 0 Å². The molecule has 0 unspecified atom stereocenters. The fraction of sp³-hybridized carbons (Fsp3) is 0.364. The molecule has 1 heterocycles. The molecule has 0 saturated carbocycles. The lowest BCUT2D eigenvalue weighted by atomic mass is 9.78. The number of phenols is 1. The zero-order valence-electron chi connectivity index (χ0n) is 16.7. The van der Waals surface area contributed by atoms with E-state index in [9.17, 15) is 9.90 Å². The number of amides is 1. The molecule has 144 valence electrons. The Bertz CT molecular complexity index is 822. The first-order valence-corrected chi connectivity index (χ1v) is 9.24. The molecule has 2 N–H and O–H groups in total. The van der Waals surface area contributed by atoms with Crippen LogP contribution in [0.15, 0.2) is 36.5 Å². The van der Waals surface area contributed by atoms with Crippen LogP contribution in [0.1, 0.15) is 58.2 Å². The molecule has 0 bridgehead atoms. The predicted molar refractivity (Wildman–Crippen MR) is 112 cm³/mol. The van der Waals surface area contributed by atoms with Crippen molar-refractivity contribution in [3.63, 3.8) is 0 Å². The van der Waals surface area contributed by atoms with E-state index < -0.39 is 0 Å². The first-order chi connectivity index (χ1) is 12.4. The summed E-state index contributed by atoms with van der Waals surface area (Å²) in [6, 6.07) is 7.16. The maximum atomic E-state index is 12.2. The van der Waals surface area contributed by atoms with Crippen molar-refractivity contribution in [2.75, 3.05) is 5.32 Å². The highest BCUT2D eigenvalue weighted by Crippen LogP contribution is 2.40. The Morgan fingerprint density at radius 1 is 1.07 bits per heavy atom. The van der Waals surface area contributed by atoms with Gasteiger partial charge in [0.15, 0.2) is 0 Å². The second-order valence-electron chi connectivity index (χ2n) is 8.65. The van der Waals surface area contributed by atoms with E-state index >= 15 is 0 Å². The Labute approximate surface area is 166 Å². The minimum atomic E-state index is -0.285. The number of benzene rings is 1. The van der Waals surface area contributed by atoms with E-state index in [0.29, 0.717) is 16.6 Å². The summed E-state index contributed by atoms with van der Waals surface area (Å²) in [4.78, 5) is 16.2. The number of rotatable bonds is 3. The number of phenolic OH excluding ortho intramolecular Hbond substituents is 1. The molecule has 0 saturated heterocycles. The molecule has 2 rings (SSSR count). The summed E-state index contributed by atoms with van der Waals surface area (Å²) in [5.41, 5.74) is 2.14. The summed E-state index contributed by atoms with van der Waals surface area (Å²) in [7, 11) is 0. The van der Waals surface area contributed by atoms with Crippen LogP contribution in [-0.2, 0) is 15.6 Å². The molecule has 27 heavy (non-hydrogen) atoms. The van der Waals surface area contributed by atoms with Gasteiger partial charge in [0, 0.05) is 23.4 Å². The van der Waals surface area contributed by atoms with Crippen LogP contribution in [-0.4, -0.2) is 16.0 Å². The number of carbonyl (C=O) groups excluding carboxylic acids is 1. The zero-order chi connectivity index (χ0) is 20.4. The highest BCUT2D eigenvalue weighted by Gasteiger charge is 2.26. The molecule has 1 aromatic carbocycles. The van der Waals surface area contributed by atoms with E-state index in [1.54, 1.807) is 18.2 Å². The van der Waals surface area contributed by atoms with Gasteiger partial charge in [-0.15, -0.1) is 0 Å². The van der Waals surface area contributed by atoms with Gasteiger partial charge in [0.25, 0.3) is 0 Å². The van der Waals surface area contributed by atoms with Crippen LogP contribution in [0.5, 0.6) is 5.75 Å². The average Bonchev–Trinajstić information content (AvgIpc) is 2.54. The van der Waals surface area contributed by atoms with Gasteiger partial charge in [0.05, 0.1) is 5.02 Å². The minimum absolute atomic E-state index is 0.219. The average molecular weight is 387 g/mol. The number of halogens is 1. The first kappa shape index (κ1) is 21.0. The molecule has 0 atom stereocenters. The third kappa shape index (κ3) is 5.57. The molecule has 1 amide bonds. The van der Waals surface area contributed by atoms with Gasteiger partial charge in [0.1, 0.15) is 11.6 Å². The normalized spacial score (nSPS) is 12.4. The molecule has 0 aliphatic carbocycles. The quantitative estimate of drug-likeness (QED) is 0.666. The predicted octanol–water partition coefficient (Wildman–Crippen LogP) is 5.69. The Balaban J connectivity index is 2.33. The van der Waals surface area contributed by atoms with Crippen molar-refractivity contribution in [1.82, 2.24) is 4.98 Å². The van der Waals surface area contributed by atoms with Crippen LogP contribution in [0.4, 0.5) is 5.82 Å². The van der Waals surface area contributed by atoms with Crippen molar-refractivity contribution in [3.8, 4) is 5.75 Å². The van der Waals surface area contributed by atoms with Crippen molar-refractivity contribution >= 4 is 29.4 Å². The number of carbonyl (C=O) groups is 1. The summed E-state index contributed by atoms with van der Waals surface area (Å²) >= 11 is 5.80. The van der Waals surface area contributed by atoms with E-state index in [0.717, 1.165) is 16.7 Å². The summed E-state index contributed by atoms with van der Waals surface area (Å²) in [5.74, 6) is 0.472. The van der Waals surface area contributed by atoms with Crippen molar-refractivity contribution in [1.29, 1.82) is 0 Å². The first-order valence-electron chi connectivity index (χ1n) is 8.86. The molecule has 4 nitrogen and oxygen atoms in total. The molecular formula is C22H27ClN2O2. The summed E-state index contributed by atoms with van der Waals surface area (Å²) in [6.45, 7) is 12.3. The van der Waals surface area contributed by atoms with Gasteiger partial charge in [-0.3, -0.25) is 4.79 Å². The third-order valence-corrected chi connectivity index (χ3v) is 4.38. The lowest BCUT2D eigenvalue weighted by molar-refractivity contribution is -0.111. The van der Waals surface area contributed by atoms with Crippen LogP contribution in [0.25, 0.3) is 6.08 Å². The van der Waals surface area contributed by atoms with Crippen molar-refractivity contribution in [2.24, 2.45) is 0 Å². The largest absolute Gasteiger partial charge is 0.507 e. The molecule has 0 aliphatic rings. The summed E-state index contributed by atoms with van der Waals surface area (Å²) in [6.07, 6.45) is 4.68. The molecule has 5 heteroatoms. The maximum Gasteiger partial charge on any atom is 0.249 e. The molecule has 0 fully saturated rings. The monoisotopic (exact) mass is 386 g/mol. The highest BCUT2D eigenvalue weighted by molar-refractivity contribution is 6.30. The van der Waals surface area contributed by atoms with Crippen molar-refractivity contribution in [2.45, 2.75) is 52.4 Å². The van der Waals surface area contributed by atoms with Gasteiger partial charge in [-0.25, -0.2) is 4.98 Å². The lowest BCUT2D eigenvalue weighted by Crippen LogP contribution is -2.17. The summed E-state index contributed by atoms with van der Waals surface area (Å²) in [5, 5.41) is 14.0. The van der Waals surface area contributed by atoms with E-state index in [1.807, 2.05) is 12.1 Å². The number of nitrogens with zero attached hydrogens (tertiary/aromatic N) is 1. The zero-order valence-corrected chi connectivity index (χ0v) is 17.5. The number of aromatic nitrogens is 1. The number of nitrogens with one attached hydrogen (secondary N) is 1. The number of aromatic hydroxyl groups is 1. The number of hydrogen-bond donors (Lipinski definition) is 2. The van der Waals surface area contributed by atoms with Gasteiger partial charge in [-0.1, -0.05) is 53.1 Å². The lowest BCUT2D eigenvalue weighted by Gasteiger charge is -2.27. The van der Waals surface area contributed by atoms with E-state index in [4.69, 9.17) is 11.6 Å². The van der Waals surface area contributed by atoms with Gasteiger partial charge < -0.3 is 10.4 Å². The standard InChI is InChI=1S/C22H27ClN2O2/c1-21(2,3)16-11-14(12-17(20(16)27)22(4,5)6)7-10-19(26)25-18-9-8-15(23)13-24-18/h7-13,27H,1-6H3,(H,24,25,26). The van der Waals surface area contributed by atoms with Crippen molar-refractivity contribution < 1.29 is 9.90 Å². The van der Waals surface area contributed by atoms with E-state index in [2.05, 4.69) is 51.8 Å². The second kappa shape index (κ2) is 7.73. The number of anilines is 1. The molecular weight excluding hydrogens is 360 g/mol. The third-order valence-electron chi connectivity index (χ3n) is 4.15. The van der Waals surface area contributed by atoms with E-state index in [1.165, 1.54) is 12.3 Å². The Morgan fingerprint density at radius 3 is 2.07 bits per heavy atom. The van der Waals surface area contributed by atoms with Gasteiger partial charge in [0.2, 0.25) is 5.91 Å². The number of pyridine rings is 1. The van der Waals surface area contributed by atoms with Crippen LogP contribution in [0.2, 0.25) is 5.02 Å². The van der Waals surface area contributed by atoms with E-state index in [-0.39, 0.29) is 16.7 Å². The molecule has 0 aliphatic heterocycles. The smallest absolute Gasteiger partial charge is 0.249 e. The minimum Gasteiger partial charge on any atom is -0.507 e. The molecule has 2 aromatic rings. The van der Waals surface area contributed by atoms with Crippen LogP contribution in [0.3, 0.4) is 0 Å². The SMILES string of the molecule is CC(C)(C)c1cc(C=CC(=O)Nc2ccc(Cl)cn2)cc(C(C)(C)C)c1O. The van der Waals surface area contributed by atoms with Crippen molar-refractivity contribution in [3.05, 3.63) is 58.3 Å². The Hall–Kier alpha value is -2.33. The topological polar surface area (TPSA) is 62.2 Å². The Morgan fingerprint density at radius 2 is 1.63 bits per heavy atom. The molecule has 0 spiro atoms. The summed E-state index contributed by atoms with van der Waals surface area (Å²) < 4.78 is 0. The van der Waals surface area contributed by atoms with Crippen LogP contribution < -0.4 is 5.32 Å². The fourth-order valence-corrected chi connectivity index (χ4v) is 2.80. The fourth-order valence-electron chi connectivity index (χ4n) is 2.69. The van der Waals surface area contributed by atoms with Crippen LogP contribution >= 0.6 is 11.6 Å². The Kier molecular flexibility index (Phi) is 6.01. The second-order valence-corrected chi connectivity index (χ2v) is 9.09. The van der Waals surface area contributed by atoms with Gasteiger partial charge in [-0.05, 0) is 46.7 Å².